The average Bonchev–Trinajstić information content (AvgIpc) is 3.54. The van der Waals surface area contributed by atoms with Gasteiger partial charge in [0.05, 0.1) is 41.6 Å². The van der Waals surface area contributed by atoms with Crippen LogP contribution in [0.3, 0.4) is 0 Å². The van der Waals surface area contributed by atoms with E-state index in [-0.39, 0.29) is 45.7 Å². The lowest BCUT2D eigenvalue weighted by Crippen LogP contribution is -2.33. The van der Waals surface area contributed by atoms with Gasteiger partial charge in [0, 0.05) is 22.4 Å². The van der Waals surface area contributed by atoms with Crippen LogP contribution < -0.4 is 0 Å². The molecular formula is C24H32ClF4N7O6S2. The van der Waals surface area contributed by atoms with Crippen LogP contribution in [-0.4, -0.2) is 75.0 Å². The van der Waals surface area contributed by atoms with E-state index in [0.29, 0.717) is 11.3 Å². The summed E-state index contributed by atoms with van der Waals surface area (Å²) in [6.45, 7) is 9.89. The van der Waals surface area contributed by atoms with Crippen molar-refractivity contribution in [3.05, 3.63) is 40.2 Å². The summed E-state index contributed by atoms with van der Waals surface area (Å²) < 4.78 is 106. The van der Waals surface area contributed by atoms with Crippen molar-refractivity contribution in [3.63, 3.8) is 0 Å². The number of hydrogen-bond acceptors (Lipinski definition) is 9. The van der Waals surface area contributed by atoms with E-state index in [1.54, 1.807) is 20.8 Å². The summed E-state index contributed by atoms with van der Waals surface area (Å²) in [7, 11) is -2.90. The molecule has 0 aliphatic carbocycles. The monoisotopic (exact) mass is 689 g/mol. The molecule has 3 aromatic rings. The second-order valence-electron chi connectivity index (χ2n) is 10.9. The van der Waals surface area contributed by atoms with Gasteiger partial charge in [0.1, 0.15) is 28.5 Å². The molecule has 0 atom stereocenters. The van der Waals surface area contributed by atoms with Gasteiger partial charge in [-0.25, -0.2) is 30.8 Å². The maximum absolute atomic E-state index is 13.0. The predicted octanol–water partition coefficient (Wildman–Crippen LogP) is 4.14. The second kappa shape index (κ2) is 12.7. The van der Waals surface area contributed by atoms with Gasteiger partial charge in [-0.3, -0.25) is 14.3 Å². The quantitative estimate of drug-likeness (QED) is 0.263. The first kappa shape index (κ1) is 35.3. The van der Waals surface area contributed by atoms with Crippen molar-refractivity contribution in [2.24, 2.45) is 0 Å². The zero-order chi connectivity index (χ0) is 33.5. The lowest BCUT2D eigenvalue weighted by atomic mass is 10.2. The number of halogens is 5. The minimum atomic E-state index is -4.12. The highest BCUT2D eigenvalue weighted by atomic mass is 35.7. The highest BCUT2D eigenvalue weighted by Crippen LogP contribution is 2.28. The van der Waals surface area contributed by atoms with Gasteiger partial charge in [-0.05, 0) is 48.5 Å². The maximum atomic E-state index is 13.0. The van der Waals surface area contributed by atoms with Crippen molar-refractivity contribution < 1.29 is 43.9 Å². The highest BCUT2D eigenvalue weighted by molar-refractivity contribution is 8.13. The molecule has 1 amide bonds. The molecule has 1 aliphatic rings. The number of nitrogens with zero attached hydrogens (tertiary/aromatic N) is 7. The Bertz CT molecular complexity index is 1740. The Labute approximate surface area is 256 Å². The van der Waals surface area contributed by atoms with Gasteiger partial charge in [0.2, 0.25) is 0 Å². The van der Waals surface area contributed by atoms with Gasteiger partial charge in [-0.1, -0.05) is 0 Å². The summed E-state index contributed by atoms with van der Waals surface area (Å²) in [5, 5.41) is 11.7. The number of amides is 1. The zero-order valence-electron chi connectivity index (χ0n) is 24.8. The maximum Gasteiger partial charge on any atom is 0.410 e. The van der Waals surface area contributed by atoms with Gasteiger partial charge < -0.3 is 4.74 Å². The molecule has 0 spiro atoms. The third kappa shape index (κ3) is 7.90. The van der Waals surface area contributed by atoms with Gasteiger partial charge in [0.25, 0.3) is 31.9 Å². The Hall–Kier alpha value is -3.19. The molecule has 4 heterocycles. The first-order valence-corrected chi connectivity index (χ1v) is 16.7. The Morgan fingerprint density at radius 2 is 1.36 bits per heavy atom. The van der Waals surface area contributed by atoms with Crippen LogP contribution in [0.1, 0.15) is 54.8 Å². The summed E-state index contributed by atoms with van der Waals surface area (Å²) in [5.74, 6) is 0. The number of hydrogen-bond donors (Lipinski definition) is 0. The van der Waals surface area contributed by atoms with Crippen LogP contribution in [-0.2, 0) is 50.0 Å². The molecule has 0 aromatic carbocycles. The van der Waals surface area contributed by atoms with Crippen LogP contribution in [0.25, 0.3) is 0 Å². The third-order valence-electron chi connectivity index (χ3n) is 6.21. The molecule has 246 valence electrons. The fourth-order valence-corrected chi connectivity index (χ4v) is 7.58. The number of rotatable bonds is 7. The standard InChI is InChI=1S/C17H23F2N5O4S.C7H9ClF2N2O2S/c1-10-15(11(2)23(20-10)9-14(18)19)29(26,27)24-7-12-6-22(8-13(12)21-24)16(25)28-17(3,4)5;1-4-7(15(8,13)14)5(2)12(11-4)3-6(9)10/h7,14H,6,8-9H2,1-5H3;6H,3H2,1-2H3. The third-order valence-corrected chi connectivity index (χ3v) is 9.54. The van der Waals surface area contributed by atoms with E-state index in [1.165, 1.54) is 38.8 Å². The Kier molecular flexibility index (Phi) is 10.2. The molecule has 0 saturated heterocycles. The Balaban J connectivity index is 0.000000297. The van der Waals surface area contributed by atoms with E-state index in [9.17, 15) is 39.2 Å². The summed E-state index contributed by atoms with van der Waals surface area (Å²) in [6.07, 6.45) is -4.42. The fraction of sp³-hybridized carbons (Fsp3) is 0.583. The summed E-state index contributed by atoms with van der Waals surface area (Å²) in [4.78, 5) is 13.3. The normalized spacial score (nSPS) is 13.8. The predicted molar refractivity (Wildman–Crippen MR) is 149 cm³/mol. The molecule has 0 saturated carbocycles. The first-order chi connectivity index (χ1) is 20.0. The first-order valence-electron chi connectivity index (χ1n) is 12.9. The van der Waals surface area contributed by atoms with Crippen molar-refractivity contribution in [2.45, 2.75) is 103 Å². The number of aryl methyl sites for hydroxylation is 2. The fourth-order valence-electron chi connectivity index (χ4n) is 4.50. The van der Waals surface area contributed by atoms with Crippen LogP contribution in [0, 0.1) is 27.7 Å². The summed E-state index contributed by atoms with van der Waals surface area (Å²) in [5.41, 5.74) is 0.867. The summed E-state index contributed by atoms with van der Waals surface area (Å²) in [6, 6.07) is 0. The average molecular weight is 690 g/mol. The molecule has 0 N–H and O–H groups in total. The van der Waals surface area contributed by atoms with E-state index in [1.807, 2.05) is 0 Å². The van der Waals surface area contributed by atoms with Crippen molar-refractivity contribution in [1.82, 2.24) is 33.6 Å². The van der Waals surface area contributed by atoms with Crippen molar-refractivity contribution >= 4 is 35.8 Å². The van der Waals surface area contributed by atoms with Crippen LogP contribution in [0.5, 0.6) is 0 Å². The topological polar surface area (TPSA) is 151 Å². The van der Waals surface area contributed by atoms with Gasteiger partial charge >= 0.3 is 6.09 Å². The van der Waals surface area contributed by atoms with Gasteiger partial charge in [-0.15, -0.1) is 0 Å². The summed E-state index contributed by atoms with van der Waals surface area (Å²) >= 11 is 0. The minimum Gasteiger partial charge on any atom is -0.444 e. The molecular weight excluding hydrogens is 658 g/mol. The Morgan fingerprint density at radius 3 is 1.77 bits per heavy atom. The molecule has 20 heteroatoms. The Morgan fingerprint density at radius 1 is 0.886 bits per heavy atom. The molecule has 0 bridgehead atoms. The molecule has 44 heavy (non-hydrogen) atoms. The molecule has 0 radical (unpaired) electrons. The van der Waals surface area contributed by atoms with E-state index in [2.05, 4.69) is 15.3 Å². The molecule has 1 aliphatic heterocycles. The second-order valence-corrected chi connectivity index (χ2v) is 15.1. The number of fused-ring (bicyclic) bond motifs is 1. The van der Waals surface area contributed by atoms with Gasteiger partial charge in [0.15, 0.2) is 0 Å². The number of aromatic nitrogens is 6. The van der Waals surface area contributed by atoms with E-state index >= 15 is 0 Å². The van der Waals surface area contributed by atoms with Crippen LogP contribution in [0.4, 0.5) is 22.4 Å². The lowest BCUT2D eigenvalue weighted by molar-refractivity contribution is 0.0239. The molecule has 4 rings (SSSR count). The number of carbonyl (C=O) groups is 1. The largest absolute Gasteiger partial charge is 0.444 e. The van der Waals surface area contributed by atoms with Crippen LogP contribution >= 0.6 is 10.7 Å². The van der Waals surface area contributed by atoms with E-state index in [4.69, 9.17) is 15.4 Å². The molecule has 0 fully saturated rings. The van der Waals surface area contributed by atoms with Crippen molar-refractivity contribution in [1.29, 1.82) is 0 Å². The number of alkyl halides is 4. The molecule has 3 aromatic heterocycles. The van der Waals surface area contributed by atoms with Crippen molar-refractivity contribution in [3.8, 4) is 0 Å². The van der Waals surface area contributed by atoms with Gasteiger partial charge in [-0.2, -0.15) is 27.8 Å². The van der Waals surface area contributed by atoms with Crippen LogP contribution in [0.2, 0.25) is 0 Å². The number of carbonyl (C=O) groups excluding carboxylic acids is 1. The number of ether oxygens (including phenoxy) is 1. The molecule has 13 nitrogen and oxygen atoms in total. The highest BCUT2D eigenvalue weighted by Gasteiger charge is 2.34. The van der Waals surface area contributed by atoms with Crippen LogP contribution in [0.15, 0.2) is 16.0 Å². The SMILES string of the molecule is Cc1nn(CC(F)F)c(C)c1S(=O)(=O)Cl.Cc1nn(CC(F)F)c(C)c1S(=O)(=O)n1cc2c(n1)CN(C(=O)OC(C)(C)C)C2. The lowest BCUT2D eigenvalue weighted by Gasteiger charge is -2.24. The molecule has 0 unspecified atom stereocenters. The zero-order valence-corrected chi connectivity index (χ0v) is 27.2. The smallest absolute Gasteiger partial charge is 0.410 e. The van der Waals surface area contributed by atoms with E-state index in [0.717, 1.165) is 13.5 Å². The van der Waals surface area contributed by atoms with Crippen molar-refractivity contribution in [2.75, 3.05) is 0 Å². The van der Waals surface area contributed by atoms with E-state index < -0.39 is 56.7 Å². The minimum absolute atomic E-state index is 0.119.